The lowest BCUT2D eigenvalue weighted by Crippen LogP contribution is -2.44. The molecule has 2 unspecified atom stereocenters. The first kappa shape index (κ1) is 24.9. The third-order valence-electron chi connectivity index (χ3n) is 7.05. The van der Waals surface area contributed by atoms with Crippen molar-refractivity contribution in [2.45, 2.75) is 105 Å². The van der Waals surface area contributed by atoms with Crippen molar-refractivity contribution in [3.63, 3.8) is 0 Å². The summed E-state index contributed by atoms with van der Waals surface area (Å²) < 4.78 is 0. The zero-order valence-corrected chi connectivity index (χ0v) is 25.0. The number of hydrogen-bond donors (Lipinski definition) is 0. The van der Waals surface area contributed by atoms with E-state index in [4.69, 9.17) is 0 Å². The predicted octanol–water partition coefficient (Wildman–Crippen LogP) is 9.02. The van der Waals surface area contributed by atoms with Crippen LogP contribution >= 0.6 is 0 Å². The minimum absolute atomic E-state index is 0.240. The molecule has 29 heavy (non-hydrogen) atoms. The van der Waals surface area contributed by atoms with Gasteiger partial charge in [-0.1, -0.05) is 129 Å². The van der Waals surface area contributed by atoms with Crippen LogP contribution in [0.3, 0.4) is 0 Å². The first-order chi connectivity index (χ1) is 12.7. The lowest BCUT2D eigenvalue weighted by atomic mass is 9.87. The van der Waals surface area contributed by atoms with E-state index in [1.54, 1.807) is 11.1 Å². The Hall–Kier alpha value is -0.389. The first-order valence-corrected chi connectivity index (χ1v) is 21.7. The van der Waals surface area contributed by atoms with Gasteiger partial charge in [-0.2, -0.15) is 0 Å². The van der Waals surface area contributed by atoms with Crippen LogP contribution in [-0.2, 0) is 0 Å². The fourth-order valence-corrected chi connectivity index (χ4v) is 16.3. The van der Waals surface area contributed by atoms with Crippen molar-refractivity contribution in [1.29, 1.82) is 0 Å². The number of hydrogen-bond acceptors (Lipinski definition) is 0. The zero-order valence-electron chi connectivity index (χ0n) is 22.0. The molecule has 3 heteroatoms. The van der Waals surface area contributed by atoms with Crippen molar-refractivity contribution in [3.05, 3.63) is 45.8 Å². The molecule has 2 aliphatic rings. The van der Waals surface area contributed by atoms with Crippen LogP contribution in [0.25, 0.3) is 0 Å². The monoisotopic (exact) mass is 444 g/mol. The van der Waals surface area contributed by atoms with E-state index in [0.29, 0.717) is 11.1 Å². The van der Waals surface area contributed by atoms with Crippen LogP contribution in [0, 0.1) is 10.8 Å². The molecule has 2 atom stereocenters. The summed E-state index contributed by atoms with van der Waals surface area (Å²) in [5.41, 5.74) is 5.01. The Morgan fingerprint density at radius 2 is 0.828 bits per heavy atom. The average molecular weight is 445 g/mol. The van der Waals surface area contributed by atoms with Gasteiger partial charge >= 0.3 is 0 Å². The second-order valence-electron chi connectivity index (χ2n) is 14.2. The third-order valence-corrected chi connectivity index (χ3v) is 16.2. The van der Waals surface area contributed by atoms with Crippen molar-refractivity contribution in [2.24, 2.45) is 10.8 Å². The topological polar surface area (TPSA) is 0 Å². The number of rotatable bonds is 4. The van der Waals surface area contributed by atoms with Gasteiger partial charge < -0.3 is 0 Å². The highest BCUT2D eigenvalue weighted by Gasteiger charge is 2.49. The zero-order chi connectivity index (χ0) is 22.8. The van der Waals surface area contributed by atoms with E-state index in [0.717, 1.165) is 0 Å². The molecule has 2 aliphatic carbocycles. The predicted molar refractivity (Wildman–Crippen MR) is 143 cm³/mol. The Balaban J connectivity index is 2.63. The maximum absolute atomic E-state index is 2.71. The molecular weight excluding hydrogens is 397 g/mol. The molecule has 164 valence electrons. The molecule has 0 radical (unpaired) electrons. The van der Waals surface area contributed by atoms with Crippen LogP contribution in [0.1, 0.15) is 41.5 Å². The molecule has 0 spiro atoms. The average Bonchev–Trinajstić information content (AvgIpc) is 3.10. The van der Waals surface area contributed by atoms with Crippen molar-refractivity contribution in [2.75, 3.05) is 0 Å². The van der Waals surface area contributed by atoms with Crippen LogP contribution < -0.4 is 0 Å². The van der Waals surface area contributed by atoms with Crippen LogP contribution in [0.15, 0.2) is 45.8 Å². The Kier molecular flexibility index (Phi) is 6.30. The van der Waals surface area contributed by atoms with E-state index in [1.807, 2.05) is 10.4 Å². The van der Waals surface area contributed by atoms with E-state index in [1.165, 1.54) is 0 Å². The summed E-state index contributed by atoms with van der Waals surface area (Å²) >= 11 is 0. The highest BCUT2D eigenvalue weighted by atomic mass is 28.3. The van der Waals surface area contributed by atoms with Gasteiger partial charge in [-0.25, -0.2) is 0 Å². The highest BCUT2D eigenvalue weighted by Crippen LogP contribution is 2.55. The summed E-state index contributed by atoms with van der Waals surface area (Å²) in [6.45, 7) is 35.0. The van der Waals surface area contributed by atoms with Crippen molar-refractivity contribution >= 4 is 24.2 Å². The molecule has 0 amide bonds. The molecule has 0 heterocycles. The van der Waals surface area contributed by atoms with E-state index in [-0.39, 0.29) is 10.8 Å². The molecule has 0 saturated carbocycles. The molecule has 0 N–H and O–H groups in total. The molecule has 0 aromatic carbocycles. The van der Waals surface area contributed by atoms with Gasteiger partial charge in [-0.3, -0.25) is 0 Å². The van der Waals surface area contributed by atoms with Crippen molar-refractivity contribution < 1.29 is 0 Å². The molecule has 0 aromatic rings. The van der Waals surface area contributed by atoms with Gasteiger partial charge in [0.2, 0.25) is 0 Å². The summed E-state index contributed by atoms with van der Waals surface area (Å²) in [5, 5.41) is 3.62. The van der Waals surface area contributed by atoms with Crippen LogP contribution in [0.4, 0.5) is 0 Å². The molecule has 0 bridgehead atoms. The van der Waals surface area contributed by atoms with E-state index >= 15 is 0 Å². The van der Waals surface area contributed by atoms with Gasteiger partial charge in [0, 0.05) is 0 Å². The Morgan fingerprint density at radius 3 is 1.03 bits per heavy atom. The molecule has 0 saturated heterocycles. The van der Waals surface area contributed by atoms with Crippen LogP contribution in [0.2, 0.25) is 63.5 Å². The fraction of sp³-hybridized carbons (Fsp3) is 0.692. The molecule has 2 rings (SSSR count). The summed E-state index contributed by atoms with van der Waals surface area (Å²) in [5.74, 6) is 0. The Bertz CT molecular complexity index is 710. The second kappa shape index (κ2) is 7.34. The van der Waals surface area contributed by atoms with Gasteiger partial charge in [0.15, 0.2) is 0 Å². The normalized spacial score (nSPS) is 24.3. The van der Waals surface area contributed by atoms with Gasteiger partial charge in [-0.05, 0) is 33.1 Å². The third kappa shape index (κ3) is 5.10. The summed E-state index contributed by atoms with van der Waals surface area (Å²) in [4.78, 5) is 0. The van der Waals surface area contributed by atoms with Crippen LogP contribution in [0.5, 0.6) is 0 Å². The SMILES string of the molecule is CC(C)(C)C1=CC([Si](C)(C)C2C=C(C(C)(C)C)C=C2[Si](C)(C)C)C([Si](C)(C)C)=C1. The molecule has 0 nitrogen and oxygen atoms in total. The Labute approximate surface area is 185 Å². The van der Waals surface area contributed by atoms with Crippen LogP contribution in [-0.4, -0.2) is 24.2 Å². The summed E-state index contributed by atoms with van der Waals surface area (Å²) in [6, 6.07) is 0. The quantitative estimate of drug-likeness (QED) is 0.379. The highest BCUT2D eigenvalue weighted by molar-refractivity contribution is 6.93. The molecule has 0 fully saturated rings. The first-order valence-electron chi connectivity index (χ1n) is 11.6. The minimum atomic E-state index is -1.64. The smallest absolute Gasteiger partial charge is 0.0728 e. The van der Waals surface area contributed by atoms with E-state index in [9.17, 15) is 0 Å². The maximum atomic E-state index is 2.71. The fourth-order valence-electron chi connectivity index (χ4n) is 4.87. The van der Waals surface area contributed by atoms with Gasteiger partial charge in [-0.15, -0.1) is 0 Å². The largest absolute Gasteiger partial charge is 0.0767 e. The van der Waals surface area contributed by atoms with E-state index in [2.05, 4.69) is 118 Å². The van der Waals surface area contributed by atoms with Gasteiger partial charge in [0.25, 0.3) is 0 Å². The minimum Gasteiger partial charge on any atom is -0.0767 e. The Morgan fingerprint density at radius 1 is 0.552 bits per heavy atom. The lowest BCUT2D eigenvalue weighted by Gasteiger charge is -2.42. The molecule has 0 aliphatic heterocycles. The van der Waals surface area contributed by atoms with Gasteiger partial charge in [0.05, 0.1) is 24.2 Å². The molecular formula is C26H48Si3. The van der Waals surface area contributed by atoms with Crippen molar-refractivity contribution in [3.8, 4) is 0 Å². The number of allylic oxidation sites excluding steroid dienone is 8. The second-order valence-corrected chi connectivity index (χ2v) is 29.3. The molecule has 0 aromatic heterocycles. The summed E-state index contributed by atoms with van der Waals surface area (Å²) in [7, 11) is -4.39. The lowest BCUT2D eigenvalue weighted by molar-refractivity contribution is 0.517. The summed E-state index contributed by atoms with van der Waals surface area (Å²) in [6.07, 6.45) is 10.7. The van der Waals surface area contributed by atoms with E-state index < -0.39 is 24.2 Å². The maximum Gasteiger partial charge on any atom is 0.0728 e. The standard InChI is InChI=1S/C26H48Si3/c1-25(2,3)19-15-21(27(7,8)9)23(17-19)29(13,14)24-18-20(26(4,5)6)16-22(24)28(10,11)12/h15-18,23-24H,1-14H3. The van der Waals surface area contributed by atoms with Gasteiger partial charge in [0.1, 0.15) is 0 Å². The van der Waals surface area contributed by atoms with Crippen molar-refractivity contribution in [1.82, 2.24) is 0 Å².